The molecule has 0 unspecified atom stereocenters. The van der Waals surface area contributed by atoms with Crippen LogP contribution in [0.1, 0.15) is 16.9 Å². The third-order valence-corrected chi connectivity index (χ3v) is 6.15. The number of nitrogens with zero attached hydrogens (tertiary/aromatic N) is 6. The Morgan fingerprint density at radius 3 is 2.42 bits per heavy atom. The fraction of sp³-hybridized carbons (Fsp3) is 0.0870. The summed E-state index contributed by atoms with van der Waals surface area (Å²) in [6, 6.07) is 14.4. The Morgan fingerprint density at radius 2 is 1.69 bits per heavy atom. The number of hydrogen-bond donors (Lipinski definition) is 2. The molecule has 0 aliphatic carbocycles. The molecule has 5 rings (SSSR count). The van der Waals surface area contributed by atoms with Crippen molar-refractivity contribution in [1.82, 2.24) is 20.3 Å². The maximum Gasteiger partial charge on any atom is 0.272 e. The van der Waals surface area contributed by atoms with E-state index in [4.69, 9.17) is 9.05 Å². The van der Waals surface area contributed by atoms with E-state index in [0.717, 1.165) is 20.4 Å². The third kappa shape index (κ3) is 4.72. The van der Waals surface area contributed by atoms with Gasteiger partial charge in [0.25, 0.3) is 5.69 Å². The molecule has 0 amide bonds. The van der Waals surface area contributed by atoms with Crippen molar-refractivity contribution >= 4 is 63.1 Å². The lowest BCUT2D eigenvalue weighted by atomic mass is 10.00. The van der Waals surface area contributed by atoms with Gasteiger partial charge in [-0.3, -0.25) is 15.5 Å². The number of halogens is 1. The van der Waals surface area contributed by atoms with Gasteiger partial charge in [0.1, 0.15) is 11.5 Å². The van der Waals surface area contributed by atoms with E-state index in [1.165, 1.54) is 12.3 Å². The summed E-state index contributed by atoms with van der Waals surface area (Å²) < 4.78 is 11.7. The number of hydrazone groups is 1. The first-order valence-corrected chi connectivity index (χ1v) is 11.6. The zero-order chi connectivity index (χ0) is 25.2. The molecule has 13 heteroatoms. The van der Waals surface area contributed by atoms with Gasteiger partial charge in [-0.05, 0) is 94.8 Å². The first-order valence-electron chi connectivity index (χ1n) is 10.6. The van der Waals surface area contributed by atoms with E-state index >= 15 is 0 Å². The molecule has 180 valence electrons. The number of nitro benzene ring substituents is 1. The average molecular weight is 596 g/mol. The largest absolute Gasteiger partial charge is 0.455 e. The summed E-state index contributed by atoms with van der Waals surface area (Å²) in [5, 5.41) is 26.1. The Labute approximate surface area is 217 Å². The molecule has 0 fully saturated rings. The zero-order valence-corrected chi connectivity index (χ0v) is 21.0. The summed E-state index contributed by atoms with van der Waals surface area (Å²) in [5.74, 6) is 1.73. The van der Waals surface area contributed by atoms with Crippen LogP contribution >= 0.6 is 22.6 Å². The highest BCUT2D eigenvalue weighted by atomic mass is 127. The molecule has 0 radical (unpaired) electrons. The minimum absolute atomic E-state index is 0.0730. The van der Waals surface area contributed by atoms with Crippen molar-refractivity contribution in [1.29, 1.82) is 0 Å². The second-order valence-corrected chi connectivity index (χ2v) is 8.92. The van der Waals surface area contributed by atoms with Crippen LogP contribution in [0.3, 0.4) is 0 Å². The fourth-order valence-electron chi connectivity index (χ4n) is 3.47. The van der Waals surface area contributed by atoms with Crippen LogP contribution in [0, 0.1) is 27.5 Å². The van der Waals surface area contributed by atoms with Crippen molar-refractivity contribution in [2.45, 2.75) is 13.8 Å². The molecular formula is C23H17IN8O4. The Hall–Kier alpha value is -4.40. The number of nitrogens with one attached hydrogen (secondary N) is 2. The predicted molar refractivity (Wildman–Crippen MR) is 141 cm³/mol. The van der Waals surface area contributed by atoms with Gasteiger partial charge in [-0.25, -0.2) is 9.61 Å². The van der Waals surface area contributed by atoms with Gasteiger partial charge in [0.15, 0.2) is 11.6 Å². The minimum atomic E-state index is -0.394. The summed E-state index contributed by atoms with van der Waals surface area (Å²) in [7, 11) is 0. The van der Waals surface area contributed by atoms with Gasteiger partial charge in [0, 0.05) is 26.5 Å². The van der Waals surface area contributed by atoms with Crippen molar-refractivity contribution in [3.05, 3.63) is 79.1 Å². The smallest absolute Gasteiger partial charge is 0.272 e. The lowest BCUT2D eigenvalue weighted by molar-refractivity contribution is -0.385. The molecule has 0 spiro atoms. The molecule has 12 nitrogen and oxygen atoms in total. The standard InChI is InChI=1S/C23H17IN8O4/c1-12-13(2)18(32(33)34)9-8-17(12)19-10-7-16(35-19)11-25-29-21-20(26-15-5-3-14(24)4-6-15)27-22-23(28-21)31-36-30-22/h3-11H,1-2H3,(H,26,27,30)(H,28,29,31)/b25-11-. The van der Waals surface area contributed by atoms with Crippen LogP contribution in [0.4, 0.5) is 23.0 Å². The molecule has 0 aliphatic heterocycles. The highest BCUT2D eigenvalue weighted by Crippen LogP contribution is 2.32. The van der Waals surface area contributed by atoms with Crippen LogP contribution in [0.5, 0.6) is 0 Å². The van der Waals surface area contributed by atoms with Gasteiger partial charge in [-0.1, -0.05) is 0 Å². The highest BCUT2D eigenvalue weighted by Gasteiger charge is 2.17. The van der Waals surface area contributed by atoms with Crippen molar-refractivity contribution in [2.75, 3.05) is 10.7 Å². The van der Waals surface area contributed by atoms with Crippen LogP contribution in [-0.2, 0) is 0 Å². The molecule has 5 aromatic rings. The monoisotopic (exact) mass is 596 g/mol. The van der Waals surface area contributed by atoms with Crippen LogP contribution in [0.15, 0.2) is 62.7 Å². The van der Waals surface area contributed by atoms with Gasteiger partial charge in [0.2, 0.25) is 11.3 Å². The highest BCUT2D eigenvalue weighted by molar-refractivity contribution is 14.1. The third-order valence-electron chi connectivity index (χ3n) is 5.43. The number of nitro groups is 1. The number of aromatic nitrogens is 4. The molecular weight excluding hydrogens is 579 g/mol. The molecule has 36 heavy (non-hydrogen) atoms. The van der Waals surface area contributed by atoms with Crippen molar-refractivity contribution in [3.63, 3.8) is 0 Å². The van der Waals surface area contributed by atoms with E-state index in [0.29, 0.717) is 28.7 Å². The second-order valence-electron chi connectivity index (χ2n) is 7.68. The molecule has 0 saturated heterocycles. The lowest BCUT2D eigenvalue weighted by Crippen LogP contribution is -2.03. The molecule has 3 heterocycles. The maximum absolute atomic E-state index is 11.2. The van der Waals surface area contributed by atoms with Gasteiger partial charge in [-0.2, -0.15) is 10.1 Å². The van der Waals surface area contributed by atoms with E-state index in [2.05, 4.69) is 58.7 Å². The molecule has 2 N–H and O–H groups in total. The van der Waals surface area contributed by atoms with Crippen LogP contribution in [0.25, 0.3) is 22.6 Å². The Morgan fingerprint density at radius 1 is 0.972 bits per heavy atom. The van der Waals surface area contributed by atoms with Crippen LogP contribution in [0.2, 0.25) is 0 Å². The number of fused-ring (bicyclic) bond motifs is 1. The van der Waals surface area contributed by atoms with Crippen molar-refractivity contribution in [3.8, 4) is 11.3 Å². The molecule has 0 aliphatic rings. The molecule has 2 aromatic carbocycles. The summed E-state index contributed by atoms with van der Waals surface area (Å²) >= 11 is 2.23. The molecule has 0 bridgehead atoms. The normalized spacial score (nSPS) is 11.3. The maximum atomic E-state index is 11.2. The van der Waals surface area contributed by atoms with E-state index in [1.807, 2.05) is 31.2 Å². The second kappa shape index (κ2) is 9.69. The first-order chi connectivity index (χ1) is 17.4. The van der Waals surface area contributed by atoms with Crippen molar-refractivity contribution < 1.29 is 14.0 Å². The summed E-state index contributed by atoms with van der Waals surface area (Å²) in [5.41, 5.74) is 6.34. The number of furan rings is 1. The number of anilines is 3. The van der Waals surface area contributed by atoms with Crippen LogP contribution in [-0.4, -0.2) is 31.4 Å². The van der Waals surface area contributed by atoms with E-state index in [1.54, 1.807) is 25.1 Å². The van der Waals surface area contributed by atoms with Crippen LogP contribution < -0.4 is 10.7 Å². The number of benzene rings is 2. The Kier molecular flexibility index (Phi) is 6.28. The van der Waals surface area contributed by atoms with E-state index in [-0.39, 0.29) is 17.0 Å². The first kappa shape index (κ1) is 23.3. The van der Waals surface area contributed by atoms with Gasteiger partial charge in [-0.15, -0.1) is 0 Å². The SMILES string of the molecule is Cc1c(-c2ccc(/C=N\Nc3nc4nonc4nc3Nc3ccc(I)cc3)o2)ccc([N+](=O)[O-])c1C. The number of rotatable bonds is 7. The number of hydrogen-bond acceptors (Lipinski definition) is 11. The lowest BCUT2D eigenvalue weighted by Gasteiger charge is -2.09. The Balaban J connectivity index is 1.37. The summed E-state index contributed by atoms with van der Waals surface area (Å²) in [6.45, 7) is 3.54. The predicted octanol–water partition coefficient (Wildman–Crippen LogP) is 5.59. The van der Waals surface area contributed by atoms with Crippen molar-refractivity contribution in [2.24, 2.45) is 5.10 Å². The summed E-state index contributed by atoms with van der Waals surface area (Å²) in [6.07, 6.45) is 1.48. The zero-order valence-electron chi connectivity index (χ0n) is 18.9. The quantitative estimate of drug-likeness (QED) is 0.105. The van der Waals surface area contributed by atoms with Gasteiger partial charge >= 0.3 is 0 Å². The average Bonchev–Trinajstić information content (AvgIpc) is 3.51. The fourth-order valence-corrected chi connectivity index (χ4v) is 3.83. The topological polar surface area (TPSA) is 157 Å². The molecule has 0 saturated carbocycles. The Bertz CT molecular complexity index is 1610. The molecule has 3 aromatic heterocycles. The van der Waals surface area contributed by atoms with Gasteiger partial charge in [0.05, 0.1) is 11.1 Å². The van der Waals surface area contributed by atoms with E-state index in [9.17, 15) is 10.1 Å². The minimum Gasteiger partial charge on any atom is -0.455 e. The summed E-state index contributed by atoms with van der Waals surface area (Å²) in [4.78, 5) is 19.6. The van der Waals surface area contributed by atoms with E-state index < -0.39 is 4.92 Å². The van der Waals surface area contributed by atoms with Gasteiger partial charge < -0.3 is 9.73 Å². The molecule has 0 atom stereocenters.